The summed E-state index contributed by atoms with van der Waals surface area (Å²) in [7, 11) is 0. The average Bonchev–Trinajstić information content (AvgIpc) is 3.87. The molecule has 2 fully saturated rings. The first-order valence-corrected chi connectivity index (χ1v) is 15.4. The molecule has 41 heavy (non-hydrogen) atoms. The molecule has 2 saturated carbocycles. The Morgan fingerprint density at radius 2 is 1.54 bits per heavy atom. The SMILES string of the molecule is O=C(c1c(-c2ccc(Cl)cc2)n[nH]c1-c1nnc(C2(c3ccc(Cl)cc3)CC2)s1)N(c1ccc(Cl)cc1Cl)C1CC1. The van der Waals surface area contributed by atoms with E-state index in [1.54, 1.807) is 35.2 Å². The standard InChI is InChI=1S/C30H21Cl4N5OS/c31-18-5-1-16(2-6-18)25-24(28(40)39(21-10-11-21)23-12-9-20(33)15-22(23)34)26(36-35-25)27-37-38-29(41-27)30(13-14-30)17-3-7-19(32)8-4-17/h1-9,12,15,21H,10-11,13-14H2,(H,35,36). The summed E-state index contributed by atoms with van der Waals surface area (Å²) in [5, 5.41) is 20.6. The second kappa shape index (κ2) is 10.4. The lowest BCUT2D eigenvalue weighted by atomic mass is 9.97. The molecule has 5 aromatic rings. The summed E-state index contributed by atoms with van der Waals surface area (Å²) >= 11 is 26.6. The molecule has 2 aliphatic carbocycles. The monoisotopic (exact) mass is 639 g/mol. The number of hydrogen-bond donors (Lipinski definition) is 1. The maximum atomic E-state index is 14.5. The Bertz CT molecular complexity index is 1780. The van der Waals surface area contributed by atoms with E-state index in [2.05, 4.69) is 20.4 Å². The molecule has 3 aromatic carbocycles. The van der Waals surface area contributed by atoms with Crippen LogP contribution in [-0.4, -0.2) is 32.3 Å². The number of anilines is 1. The van der Waals surface area contributed by atoms with Gasteiger partial charge in [0.1, 0.15) is 16.4 Å². The van der Waals surface area contributed by atoms with Crippen LogP contribution in [0.25, 0.3) is 22.0 Å². The molecule has 7 rings (SSSR count). The summed E-state index contributed by atoms with van der Waals surface area (Å²) in [4.78, 5) is 16.3. The maximum Gasteiger partial charge on any atom is 0.263 e. The highest BCUT2D eigenvalue weighted by molar-refractivity contribution is 7.14. The second-order valence-corrected chi connectivity index (χ2v) is 13.0. The van der Waals surface area contributed by atoms with Crippen LogP contribution in [0.3, 0.4) is 0 Å². The molecule has 0 saturated heterocycles. The zero-order valence-electron chi connectivity index (χ0n) is 21.4. The van der Waals surface area contributed by atoms with E-state index in [9.17, 15) is 4.79 Å². The Morgan fingerprint density at radius 3 is 2.17 bits per heavy atom. The lowest BCUT2D eigenvalue weighted by Crippen LogP contribution is -2.33. The smallest absolute Gasteiger partial charge is 0.263 e. The van der Waals surface area contributed by atoms with E-state index in [0.717, 1.165) is 41.8 Å². The van der Waals surface area contributed by atoms with Gasteiger partial charge in [-0.2, -0.15) is 5.10 Å². The number of carbonyl (C=O) groups excluding carboxylic acids is 1. The minimum absolute atomic E-state index is 0.0200. The number of H-pyrrole nitrogens is 1. The lowest BCUT2D eigenvalue weighted by molar-refractivity contribution is 0.0986. The van der Waals surface area contributed by atoms with Crippen LogP contribution >= 0.6 is 57.7 Å². The van der Waals surface area contributed by atoms with Crippen molar-refractivity contribution in [1.29, 1.82) is 0 Å². The number of amides is 1. The van der Waals surface area contributed by atoms with Crippen LogP contribution in [0.15, 0.2) is 66.7 Å². The molecule has 2 aliphatic rings. The normalized spacial score (nSPS) is 15.6. The highest BCUT2D eigenvalue weighted by atomic mass is 35.5. The summed E-state index contributed by atoms with van der Waals surface area (Å²) in [6, 6.07) is 20.3. The van der Waals surface area contributed by atoms with Gasteiger partial charge < -0.3 is 4.90 Å². The molecule has 1 N–H and O–H groups in total. The van der Waals surface area contributed by atoms with Gasteiger partial charge in [-0.3, -0.25) is 9.89 Å². The van der Waals surface area contributed by atoms with Gasteiger partial charge in [0.15, 0.2) is 5.01 Å². The number of rotatable bonds is 7. The van der Waals surface area contributed by atoms with Gasteiger partial charge in [-0.05, 0) is 73.7 Å². The van der Waals surface area contributed by atoms with Crippen LogP contribution in [0.5, 0.6) is 0 Å². The molecular weight excluding hydrogens is 620 g/mol. The van der Waals surface area contributed by atoms with Crippen molar-refractivity contribution in [3.05, 3.63) is 103 Å². The summed E-state index contributed by atoms with van der Waals surface area (Å²) < 4.78 is 0. The van der Waals surface area contributed by atoms with E-state index in [0.29, 0.717) is 47.7 Å². The highest BCUT2D eigenvalue weighted by Crippen LogP contribution is 2.55. The molecule has 0 spiro atoms. The first-order valence-electron chi connectivity index (χ1n) is 13.1. The van der Waals surface area contributed by atoms with E-state index < -0.39 is 0 Å². The summed E-state index contributed by atoms with van der Waals surface area (Å²) in [5.41, 5.74) is 3.76. The van der Waals surface area contributed by atoms with Gasteiger partial charge in [-0.15, -0.1) is 10.2 Å². The average molecular weight is 641 g/mol. The Morgan fingerprint density at radius 1 is 0.878 bits per heavy atom. The fraction of sp³-hybridized carbons (Fsp3) is 0.200. The Hall–Kier alpha value is -2.94. The predicted octanol–water partition coefficient (Wildman–Crippen LogP) is 9.10. The first kappa shape index (κ1) is 26.9. The van der Waals surface area contributed by atoms with Crippen molar-refractivity contribution in [3.63, 3.8) is 0 Å². The largest absolute Gasteiger partial charge is 0.304 e. The van der Waals surface area contributed by atoms with Gasteiger partial charge in [0.05, 0.1) is 16.3 Å². The van der Waals surface area contributed by atoms with E-state index in [1.165, 1.54) is 11.3 Å². The molecule has 0 atom stereocenters. The van der Waals surface area contributed by atoms with Crippen molar-refractivity contribution in [2.24, 2.45) is 0 Å². The van der Waals surface area contributed by atoms with Gasteiger partial charge >= 0.3 is 0 Å². The Balaban J connectivity index is 1.34. The molecule has 11 heteroatoms. The van der Waals surface area contributed by atoms with Crippen molar-refractivity contribution >= 4 is 69.3 Å². The van der Waals surface area contributed by atoms with Gasteiger partial charge in [-0.1, -0.05) is 82.0 Å². The highest BCUT2D eigenvalue weighted by Gasteiger charge is 2.49. The molecule has 1 amide bonds. The summed E-state index contributed by atoms with van der Waals surface area (Å²) in [6.07, 6.45) is 3.69. The van der Waals surface area contributed by atoms with Crippen molar-refractivity contribution in [2.75, 3.05) is 4.90 Å². The minimum atomic E-state index is -0.221. The van der Waals surface area contributed by atoms with Crippen molar-refractivity contribution in [2.45, 2.75) is 37.1 Å². The molecule has 0 unspecified atom stereocenters. The molecule has 0 bridgehead atoms. The third kappa shape index (κ3) is 4.94. The topological polar surface area (TPSA) is 74.8 Å². The number of aromatic amines is 1. The van der Waals surface area contributed by atoms with Crippen molar-refractivity contribution < 1.29 is 4.79 Å². The minimum Gasteiger partial charge on any atom is -0.304 e. The number of aromatic nitrogens is 4. The number of halogens is 4. The third-order valence-electron chi connectivity index (χ3n) is 7.59. The number of carbonyl (C=O) groups is 1. The Labute approximate surface area is 260 Å². The zero-order chi connectivity index (χ0) is 28.3. The van der Waals surface area contributed by atoms with Crippen molar-refractivity contribution in [3.8, 4) is 22.0 Å². The maximum absolute atomic E-state index is 14.5. The zero-order valence-corrected chi connectivity index (χ0v) is 25.2. The number of hydrogen-bond acceptors (Lipinski definition) is 5. The first-order chi connectivity index (χ1) is 19.8. The molecule has 6 nitrogen and oxygen atoms in total. The van der Waals surface area contributed by atoms with Gasteiger partial charge in [0, 0.05) is 32.1 Å². The predicted molar refractivity (Wildman–Crippen MR) is 166 cm³/mol. The van der Waals surface area contributed by atoms with E-state index in [4.69, 9.17) is 46.4 Å². The molecule has 0 aliphatic heterocycles. The fourth-order valence-electron chi connectivity index (χ4n) is 5.16. The lowest BCUT2D eigenvalue weighted by Gasteiger charge is -2.24. The van der Waals surface area contributed by atoms with Crippen LogP contribution < -0.4 is 4.90 Å². The molecule has 2 aromatic heterocycles. The number of benzene rings is 3. The number of nitrogens with zero attached hydrogens (tertiary/aromatic N) is 4. The van der Waals surface area contributed by atoms with E-state index in [1.807, 2.05) is 36.4 Å². The van der Waals surface area contributed by atoms with Crippen LogP contribution in [0.2, 0.25) is 20.1 Å². The van der Waals surface area contributed by atoms with Crippen LogP contribution in [0.4, 0.5) is 5.69 Å². The molecule has 0 radical (unpaired) electrons. The quantitative estimate of drug-likeness (QED) is 0.192. The van der Waals surface area contributed by atoms with Crippen molar-refractivity contribution in [1.82, 2.24) is 20.4 Å². The van der Waals surface area contributed by atoms with Crippen LogP contribution in [0.1, 0.15) is 46.6 Å². The third-order valence-corrected chi connectivity index (χ3v) is 9.78. The van der Waals surface area contributed by atoms with E-state index >= 15 is 0 Å². The van der Waals surface area contributed by atoms with Gasteiger partial charge in [-0.25, -0.2) is 0 Å². The second-order valence-electron chi connectivity index (χ2n) is 10.3. The number of nitrogens with one attached hydrogen (secondary N) is 1. The molecule has 206 valence electrons. The summed E-state index contributed by atoms with van der Waals surface area (Å²) in [5.74, 6) is -0.221. The molecule has 2 heterocycles. The van der Waals surface area contributed by atoms with Gasteiger partial charge in [0.25, 0.3) is 5.91 Å². The van der Waals surface area contributed by atoms with Crippen LogP contribution in [-0.2, 0) is 5.41 Å². The van der Waals surface area contributed by atoms with Gasteiger partial charge in [0.2, 0.25) is 0 Å². The fourth-order valence-corrected chi connectivity index (χ4v) is 7.03. The molecular formula is C30H21Cl4N5OS. The Kier molecular flexibility index (Phi) is 6.83. The summed E-state index contributed by atoms with van der Waals surface area (Å²) in [6.45, 7) is 0. The van der Waals surface area contributed by atoms with E-state index in [-0.39, 0.29) is 17.4 Å². The van der Waals surface area contributed by atoms with Crippen LogP contribution in [0, 0.1) is 0 Å².